The van der Waals surface area contributed by atoms with Gasteiger partial charge in [0.05, 0.1) is 12.2 Å². The normalized spacial score (nSPS) is 12.3. The Bertz CT molecular complexity index is 515. The van der Waals surface area contributed by atoms with Gasteiger partial charge in [-0.25, -0.2) is 0 Å². The zero-order valence-electron chi connectivity index (χ0n) is 11.4. The molecule has 1 N–H and O–H groups in total. The van der Waals surface area contributed by atoms with Gasteiger partial charge >= 0.3 is 0 Å². The quantitative estimate of drug-likeness (QED) is 0.862. The number of rotatable bonds is 6. The first kappa shape index (κ1) is 13.4. The summed E-state index contributed by atoms with van der Waals surface area (Å²) >= 11 is 0. The Hall–Kier alpha value is -2.04. The predicted octanol–water partition coefficient (Wildman–Crippen LogP) is 1.88. The molecule has 2 heterocycles. The molecule has 0 saturated heterocycles. The highest BCUT2D eigenvalue weighted by atomic mass is 16.1. The third-order valence-corrected chi connectivity index (χ3v) is 3.09. The molecule has 0 aliphatic heterocycles. The maximum atomic E-state index is 11.8. The molecule has 1 amide bonds. The van der Waals surface area contributed by atoms with E-state index in [4.69, 9.17) is 0 Å². The summed E-state index contributed by atoms with van der Waals surface area (Å²) in [7, 11) is 1.87. The Kier molecular flexibility index (Phi) is 4.39. The first-order chi connectivity index (χ1) is 9.15. The van der Waals surface area contributed by atoms with Crippen LogP contribution in [0.15, 0.2) is 36.9 Å². The lowest BCUT2D eigenvalue weighted by Crippen LogP contribution is -2.26. The van der Waals surface area contributed by atoms with Gasteiger partial charge in [-0.3, -0.25) is 9.48 Å². The van der Waals surface area contributed by atoms with Crippen molar-refractivity contribution < 1.29 is 4.79 Å². The number of aryl methyl sites for hydroxylation is 2. The van der Waals surface area contributed by atoms with E-state index in [-0.39, 0.29) is 11.9 Å². The van der Waals surface area contributed by atoms with Gasteiger partial charge in [-0.1, -0.05) is 0 Å². The van der Waals surface area contributed by atoms with E-state index in [2.05, 4.69) is 15.0 Å². The van der Waals surface area contributed by atoms with Gasteiger partial charge in [-0.05, 0) is 25.5 Å². The number of nitrogens with one attached hydrogen (secondary N) is 1. The number of nitrogens with zero attached hydrogens (tertiary/aromatic N) is 3. The highest BCUT2D eigenvalue weighted by Gasteiger charge is 2.10. The third-order valence-electron chi connectivity index (χ3n) is 3.09. The number of amides is 1. The van der Waals surface area contributed by atoms with Gasteiger partial charge < -0.3 is 9.88 Å². The Morgan fingerprint density at radius 1 is 1.42 bits per heavy atom. The molecule has 5 nitrogen and oxygen atoms in total. The number of hydrogen-bond acceptors (Lipinski definition) is 2. The van der Waals surface area contributed by atoms with Gasteiger partial charge in [-0.2, -0.15) is 5.10 Å². The summed E-state index contributed by atoms with van der Waals surface area (Å²) in [6.07, 6.45) is 9.12. The molecule has 0 spiro atoms. The predicted molar refractivity (Wildman–Crippen MR) is 73.4 cm³/mol. The van der Waals surface area contributed by atoms with E-state index < -0.39 is 0 Å². The summed E-state index contributed by atoms with van der Waals surface area (Å²) in [5, 5.41) is 7.09. The summed E-state index contributed by atoms with van der Waals surface area (Å²) in [5.41, 5.74) is 1.03. The molecule has 0 radical (unpaired) electrons. The van der Waals surface area contributed by atoms with Gasteiger partial charge in [0, 0.05) is 44.2 Å². The molecule has 0 saturated carbocycles. The van der Waals surface area contributed by atoms with Gasteiger partial charge in [0.15, 0.2) is 0 Å². The number of hydrogen-bond donors (Lipinski definition) is 1. The summed E-state index contributed by atoms with van der Waals surface area (Å²) in [6.45, 7) is 2.85. The minimum Gasteiger partial charge on any atom is -0.354 e. The number of aromatic nitrogens is 3. The fourth-order valence-corrected chi connectivity index (χ4v) is 2.00. The van der Waals surface area contributed by atoms with Crippen molar-refractivity contribution in [2.24, 2.45) is 7.05 Å². The second-order valence-corrected chi connectivity index (χ2v) is 4.76. The van der Waals surface area contributed by atoms with Crippen molar-refractivity contribution in [2.45, 2.75) is 32.4 Å². The monoisotopic (exact) mass is 260 g/mol. The fourth-order valence-electron chi connectivity index (χ4n) is 2.00. The van der Waals surface area contributed by atoms with Crippen molar-refractivity contribution in [3.63, 3.8) is 0 Å². The highest BCUT2D eigenvalue weighted by Crippen LogP contribution is 2.10. The van der Waals surface area contributed by atoms with Crippen molar-refractivity contribution in [1.82, 2.24) is 19.7 Å². The smallest absolute Gasteiger partial charge is 0.220 e. The summed E-state index contributed by atoms with van der Waals surface area (Å²) in [5.74, 6) is 0.0866. The zero-order chi connectivity index (χ0) is 13.7. The Morgan fingerprint density at radius 3 is 2.79 bits per heavy atom. The van der Waals surface area contributed by atoms with Crippen LogP contribution in [-0.2, 0) is 18.4 Å². The van der Waals surface area contributed by atoms with Crippen LogP contribution >= 0.6 is 0 Å². The summed E-state index contributed by atoms with van der Waals surface area (Å²) in [6, 6.07) is 3.99. The summed E-state index contributed by atoms with van der Waals surface area (Å²) in [4.78, 5) is 11.8. The molecule has 0 aromatic carbocycles. The van der Waals surface area contributed by atoms with Crippen LogP contribution in [0.3, 0.4) is 0 Å². The maximum Gasteiger partial charge on any atom is 0.220 e. The zero-order valence-corrected chi connectivity index (χ0v) is 11.4. The van der Waals surface area contributed by atoms with Crippen molar-refractivity contribution >= 4 is 5.91 Å². The van der Waals surface area contributed by atoms with E-state index in [9.17, 15) is 4.79 Å². The van der Waals surface area contributed by atoms with Gasteiger partial charge in [-0.15, -0.1) is 0 Å². The second kappa shape index (κ2) is 6.22. The third kappa shape index (κ3) is 3.98. The minimum absolute atomic E-state index is 0.00720. The molecule has 19 heavy (non-hydrogen) atoms. The lowest BCUT2D eigenvalue weighted by atomic mass is 10.2. The molecule has 0 aliphatic carbocycles. The van der Waals surface area contributed by atoms with Gasteiger partial charge in [0.25, 0.3) is 0 Å². The van der Waals surface area contributed by atoms with Crippen molar-refractivity contribution in [2.75, 3.05) is 0 Å². The molecule has 2 rings (SSSR count). The standard InChI is InChI=1S/C14H20N4O/c1-12(13-10-15-17(2)11-13)16-14(19)6-5-9-18-7-3-4-8-18/h3-4,7-8,10-12H,5-6,9H2,1-2H3,(H,16,19)/t12-/m0/s1. The van der Waals surface area contributed by atoms with Crippen LogP contribution in [0.2, 0.25) is 0 Å². The van der Waals surface area contributed by atoms with E-state index in [0.29, 0.717) is 6.42 Å². The first-order valence-electron chi connectivity index (χ1n) is 6.54. The molecule has 0 aliphatic rings. The van der Waals surface area contributed by atoms with E-state index in [1.165, 1.54) is 0 Å². The molecular formula is C14H20N4O. The van der Waals surface area contributed by atoms with E-state index in [0.717, 1.165) is 18.5 Å². The van der Waals surface area contributed by atoms with Crippen LogP contribution in [0, 0.1) is 0 Å². The van der Waals surface area contributed by atoms with Crippen molar-refractivity contribution in [3.8, 4) is 0 Å². The van der Waals surface area contributed by atoms with Crippen molar-refractivity contribution in [3.05, 3.63) is 42.5 Å². The van der Waals surface area contributed by atoms with Crippen LogP contribution in [0.1, 0.15) is 31.4 Å². The SMILES string of the molecule is C[C@H](NC(=O)CCCn1cccc1)c1cnn(C)c1. The van der Waals surface area contributed by atoms with E-state index in [1.807, 2.05) is 44.7 Å². The van der Waals surface area contributed by atoms with Crippen LogP contribution in [0.5, 0.6) is 0 Å². The average molecular weight is 260 g/mol. The maximum absolute atomic E-state index is 11.8. The first-order valence-corrected chi connectivity index (χ1v) is 6.54. The van der Waals surface area contributed by atoms with Crippen LogP contribution < -0.4 is 5.32 Å². The van der Waals surface area contributed by atoms with Gasteiger partial charge in [0.1, 0.15) is 0 Å². The number of carbonyl (C=O) groups excluding carboxylic acids is 1. The topological polar surface area (TPSA) is 51.9 Å². The van der Waals surface area contributed by atoms with Crippen LogP contribution in [0.25, 0.3) is 0 Å². The molecule has 1 atom stereocenters. The molecule has 102 valence electrons. The van der Waals surface area contributed by atoms with Crippen molar-refractivity contribution in [1.29, 1.82) is 0 Å². The fraction of sp³-hybridized carbons (Fsp3) is 0.429. The van der Waals surface area contributed by atoms with Crippen LogP contribution in [0.4, 0.5) is 0 Å². The van der Waals surface area contributed by atoms with Gasteiger partial charge in [0.2, 0.25) is 5.91 Å². The van der Waals surface area contributed by atoms with Crippen LogP contribution in [-0.4, -0.2) is 20.3 Å². The lowest BCUT2D eigenvalue weighted by molar-refractivity contribution is -0.121. The highest BCUT2D eigenvalue weighted by molar-refractivity contribution is 5.76. The summed E-state index contributed by atoms with van der Waals surface area (Å²) < 4.78 is 3.82. The van der Waals surface area contributed by atoms with E-state index >= 15 is 0 Å². The average Bonchev–Trinajstić information content (AvgIpc) is 3.00. The molecule has 0 bridgehead atoms. The molecule has 0 unspecified atom stereocenters. The molecule has 2 aromatic heterocycles. The Labute approximate surface area is 113 Å². The largest absolute Gasteiger partial charge is 0.354 e. The molecular weight excluding hydrogens is 240 g/mol. The molecule has 2 aromatic rings. The number of carbonyl (C=O) groups is 1. The Morgan fingerprint density at radius 2 is 2.16 bits per heavy atom. The van der Waals surface area contributed by atoms with E-state index in [1.54, 1.807) is 10.9 Å². The molecule has 0 fully saturated rings. The minimum atomic E-state index is 0.00720. The Balaban J connectivity index is 1.72. The lowest BCUT2D eigenvalue weighted by Gasteiger charge is -2.12. The second-order valence-electron chi connectivity index (χ2n) is 4.76. The molecule has 5 heteroatoms.